The molecule has 0 aliphatic rings. The average molecular weight is 368 g/mol. The molecule has 0 atom stereocenters. The first-order valence-electron chi connectivity index (χ1n) is 8.90. The minimum Gasteiger partial charge on any atom is -0.456 e. The largest absolute Gasteiger partial charge is 0.456 e. The van der Waals surface area contributed by atoms with Crippen molar-refractivity contribution in [3.63, 3.8) is 0 Å². The minimum absolute atomic E-state index is 0.813. The molecule has 0 aliphatic carbocycles. The van der Waals surface area contributed by atoms with Crippen LogP contribution in [0.1, 0.15) is 0 Å². The Labute approximate surface area is 157 Å². The molecule has 2 nitrogen and oxygen atoms in total. The number of benzene rings is 4. The summed E-state index contributed by atoms with van der Waals surface area (Å²) in [5, 5.41) is 4.53. The lowest BCUT2D eigenvalue weighted by molar-refractivity contribution is 0.592. The molecule has 1 aromatic heterocycles. The van der Waals surface area contributed by atoms with Gasteiger partial charge in [0, 0.05) is 26.7 Å². The molecule has 5 aromatic rings. The van der Waals surface area contributed by atoms with E-state index in [4.69, 9.17) is 4.42 Å². The fourth-order valence-electron chi connectivity index (χ4n) is 3.63. The first-order valence-corrected chi connectivity index (χ1v) is 10.6. The van der Waals surface area contributed by atoms with Crippen LogP contribution in [-0.2, 0) is 4.57 Å². The smallest absolute Gasteiger partial charge is 0.171 e. The van der Waals surface area contributed by atoms with Gasteiger partial charge in [0.2, 0.25) is 0 Å². The van der Waals surface area contributed by atoms with Gasteiger partial charge < -0.3 is 8.98 Å². The van der Waals surface area contributed by atoms with Crippen LogP contribution >= 0.6 is 7.14 Å². The predicted octanol–water partition coefficient (Wildman–Crippen LogP) is 5.23. The maximum absolute atomic E-state index is 14.5. The molecule has 4 aromatic carbocycles. The molecular weight excluding hydrogens is 351 g/mol. The Morgan fingerprint density at radius 2 is 1.07 bits per heavy atom. The zero-order chi connectivity index (χ0) is 18.3. The van der Waals surface area contributed by atoms with E-state index in [0.717, 1.165) is 37.9 Å². The van der Waals surface area contributed by atoms with Crippen LogP contribution in [0.25, 0.3) is 21.9 Å². The monoisotopic (exact) mass is 368 g/mol. The number of para-hydroxylation sites is 1. The third-order valence-electron chi connectivity index (χ3n) is 4.96. The summed E-state index contributed by atoms with van der Waals surface area (Å²) in [6.45, 7) is 0. The second kappa shape index (κ2) is 6.26. The number of hydrogen-bond acceptors (Lipinski definition) is 2. The summed E-state index contributed by atoms with van der Waals surface area (Å²) in [7, 11) is -2.98. The topological polar surface area (TPSA) is 30.2 Å². The summed E-state index contributed by atoms with van der Waals surface area (Å²) in [6.07, 6.45) is 0. The molecule has 0 saturated heterocycles. The van der Waals surface area contributed by atoms with Gasteiger partial charge in [-0.3, -0.25) is 0 Å². The van der Waals surface area contributed by atoms with Gasteiger partial charge >= 0.3 is 0 Å². The van der Waals surface area contributed by atoms with Crippen molar-refractivity contribution in [2.24, 2.45) is 0 Å². The molecule has 0 N–H and O–H groups in total. The van der Waals surface area contributed by atoms with E-state index in [1.807, 2.05) is 103 Å². The van der Waals surface area contributed by atoms with Crippen LogP contribution in [0.4, 0.5) is 0 Å². The lowest BCUT2D eigenvalue weighted by atomic mass is 10.1. The second-order valence-corrected chi connectivity index (χ2v) is 9.33. The quantitative estimate of drug-likeness (QED) is 0.409. The summed E-state index contributed by atoms with van der Waals surface area (Å²) in [5.41, 5.74) is 1.66. The Morgan fingerprint density at radius 1 is 0.519 bits per heavy atom. The highest BCUT2D eigenvalue weighted by atomic mass is 31.2. The zero-order valence-electron chi connectivity index (χ0n) is 14.6. The van der Waals surface area contributed by atoms with Crippen LogP contribution < -0.4 is 15.9 Å². The van der Waals surface area contributed by atoms with Crippen LogP contribution in [0.15, 0.2) is 108 Å². The zero-order valence-corrected chi connectivity index (χ0v) is 15.5. The second-order valence-electron chi connectivity index (χ2n) is 6.56. The lowest BCUT2D eigenvalue weighted by Crippen LogP contribution is -2.24. The maximum Gasteiger partial charge on any atom is 0.171 e. The van der Waals surface area contributed by atoms with Gasteiger partial charge in [-0.2, -0.15) is 0 Å². The van der Waals surface area contributed by atoms with E-state index in [1.165, 1.54) is 0 Å². The molecule has 0 spiro atoms. The van der Waals surface area contributed by atoms with Crippen LogP contribution in [-0.4, -0.2) is 0 Å². The molecule has 0 unspecified atom stereocenters. The van der Waals surface area contributed by atoms with Gasteiger partial charge in [0.05, 0.1) is 0 Å². The summed E-state index contributed by atoms with van der Waals surface area (Å²) >= 11 is 0. The molecular formula is C24H17O2P. The third kappa shape index (κ3) is 2.53. The minimum atomic E-state index is -2.98. The molecule has 0 saturated carbocycles. The van der Waals surface area contributed by atoms with Gasteiger partial charge in [0.15, 0.2) is 7.14 Å². The number of hydrogen-bond donors (Lipinski definition) is 0. The van der Waals surface area contributed by atoms with Crippen LogP contribution in [0, 0.1) is 0 Å². The summed E-state index contributed by atoms with van der Waals surface area (Å²) < 4.78 is 20.4. The fourth-order valence-corrected chi connectivity index (χ4v) is 6.31. The first-order chi connectivity index (χ1) is 13.3. The molecule has 3 heteroatoms. The first kappa shape index (κ1) is 16.1. The van der Waals surface area contributed by atoms with Gasteiger partial charge in [-0.15, -0.1) is 0 Å². The van der Waals surface area contributed by atoms with Gasteiger partial charge in [0.1, 0.15) is 11.2 Å². The van der Waals surface area contributed by atoms with Crippen LogP contribution in [0.2, 0.25) is 0 Å². The third-order valence-corrected chi connectivity index (χ3v) is 8.02. The van der Waals surface area contributed by atoms with Crippen molar-refractivity contribution in [3.05, 3.63) is 103 Å². The van der Waals surface area contributed by atoms with E-state index in [2.05, 4.69) is 0 Å². The molecule has 130 valence electrons. The number of rotatable bonds is 3. The van der Waals surface area contributed by atoms with Crippen molar-refractivity contribution in [1.29, 1.82) is 0 Å². The Bertz CT molecular complexity index is 1240. The van der Waals surface area contributed by atoms with Crippen molar-refractivity contribution < 1.29 is 8.98 Å². The molecule has 0 fully saturated rings. The fraction of sp³-hybridized carbons (Fsp3) is 0. The average Bonchev–Trinajstić information content (AvgIpc) is 3.12. The van der Waals surface area contributed by atoms with Crippen LogP contribution in [0.5, 0.6) is 0 Å². The van der Waals surface area contributed by atoms with E-state index < -0.39 is 7.14 Å². The van der Waals surface area contributed by atoms with Gasteiger partial charge in [-0.05, 0) is 24.3 Å². The van der Waals surface area contributed by atoms with Crippen molar-refractivity contribution in [3.8, 4) is 0 Å². The van der Waals surface area contributed by atoms with E-state index in [-0.39, 0.29) is 0 Å². The normalized spacial score (nSPS) is 11.9. The molecule has 5 rings (SSSR count). The predicted molar refractivity (Wildman–Crippen MR) is 113 cm³/mol. The summed E-state index contributed by atoms with van der Waals surface area (Å²) in [4.78, 5) is 0. The van der Waals surface area contributed by atoms with Crippen molar-refractivity contribution in [1.82, 2.24) is 0 Å². The highest BCUT2D eigenvalue weighted by molar-refractivity contribution is 7.85. The van der Waals surface area contributed by atoms with E-state index in [1.54, 1.807) is 0 Å². The van der Waals surface area contributed by atoms with Gasteiger partial charge in [0.25, 0.3) is 0 Å². The Morgan fingerprint density at radius 3 is 1.74 bits per heavy atom. The van der Waals surface area contributed by atoms with Crippen molar-refractivity contribution >= 4 is 45.0 Å². The summed E-state index contributed by atoms with van der Waals surface area (Å²) in [6, 6.07) is 33.3. The lowest BCUT2D eigenvalue weighted by Gasteiger charge is -2.20. The maximum atomic E-state index is 14.5. The molecule has 0 amide bonds. The highest BCUT2D eigenvalue weighted by Gasteiger charge is 2.30. The molecule has 0 bridgehead atoms. The summed E-state index contributed by atoms with van der Waals surface area (Å²) in [5.74, 6) is 0. The highest BCUT2D eigenvalue weighted by Crippen LogP contribution is 2.43. The number of furan rings is 1. The molecule has 0 aliphatic heterocycles. The van der Waals surface area contributed by atoms with Crippen molar-refractivity contribution in [2.75, 3.05) is 0 Å². The Kier molecular flexibility index (Phi) is 3.74. The van der Waals surface area contributed by atoms with Crippen molar-refractivity contribution in [2.45, 2.75) is 0 Å². The van der Waals surface area contributed by atoms with E-state index >= 15 is 0 Å². The standard InChI is InChI=1S/C24H17O2P/c25-27(18-9-3-1-4-10-18,19-11-5-2-6-12-19)20-15-16-24-22(17-20)21-13-7-8-14-23(21)26-24/h1-17H. The molecule has 27 heavy (non-hydrogen) atoms. The Balaban J connectivity index is 1.82. The van der Waals surface area contributed by atoms with E-state index in [9.17, 15) is 4.57 Å². The van der Waals surface area contributed by atoms with Gasteiger partial charge in [-0.1, -0.05) is 78.9 Å². The van der Waals surface area contributed by atoms with Gasteiger partial charge in [-0.25, -0.2) is 0 Å². The molecule has 1 heterocycles. The molecule has 0 radical (unpaired) electrons. The number of fused-ring (bicyclic) bond motifs is 3. The Hall–Kier alpha value is -3.09. The van der Waals surface area contributed by atoms with E-state index in [0.29, 0.717) is 0 Å². The SMILES string of the molecule is O=P(c1ccccc1)(c1ccccc1)c1ccc2oc3ccccc3c2c1. The van der Waals surface area contributed by atoms with Crippen LogP contribution in [0.3, 0.4) is 0 Å².